The Labute approximate surface area is 111 Å². The Morgan fingerprint density at radius 3 is 2.42 bits per heavy atom. The zero-order valence-corrected chi connectivity index (χ0v) is 10.5. The molecule has 0 fully saturated rings. The number of rotatable bonds is 4. The first kappa shape index (κ1) is 11.6. The molecule has 94 valence electrons. The van der Waals surface area contributed by atoms with E-state index in [0.717, 1.165) is 18.4 Å². The smallest absolute Gasteiger partial charge is 0.177 e. The Morgan fingerprint density at radius 1 is 0.842 bits per heavy atom. The minimum absolute atomic E-state index is 0.656. The summed E-state index contributed by atoms with van der Waals surface area (Å²) >= 11 is 0. The molecule has 3 rings (SSSR count). The number of nitrogens with one attached hydrogen (secondary N) is 1. The molecule has 3 aromatic rings. The maximum Gasteiger partial charge on any atom is 0.204 e. The third-order valence-corrected chi connectivity index (χ3v) is 3.13. The van der Waals surface area contributed by atoms with Crippen molar-refractivity contribution in [2.45, 2.75) is 12.8 Å². The molecule has 4 nitrogen and oxygen atoms in total. The van der Waals surface area contributed by atoms with Crippen molar-refractivity contribution in [3.05, 3.63) is 65.7 Å². The molecule has 0 radical (unpaired) electrons. The molecule has 1 heterocycles. The van der Waals surface area contributed by atoms with Gasteiger partial charge in [0.15, 0.2) is 0 Å². The molecule has 0 atom stereocenters. The van der Waals surface area contributed by atoms with Crippen molar-refractivity contribution in [1.82, 2.24) is 20.6 Å². The fraction of sp³-hybridized carbons (Fsp3) is 0.133. The van der Waals surface area contributed by atoms with Crippen molar-refractivity contribution in [2.75, 3.05) is 0 Å². The monoisotopic (exact) mass is 250 g/mol. The van der Waals surface area contributed by atoms with Gasteiger partial charge in [-0.15, -0.1) is 10.2 Å². The van der Waals surface area contributed by atoms with Crippen molar-refractivity contribution in [1.29, 1.82) is 0 Å². The van der Waals surface area contributed by atoms with Crippen LogP contribution in [0.25, 0.3) is 11.4 Å². The third kappa shape index (κ3) is 2.68. The minimum Gasteiger partial charge on any atom is -0.177 e. The fourth-order valence-corrected chi connectivity index (χ4v) is 2.16. The number of hydrogen-bond donors (Lipinski definition) is 1. The van der Waals surface area contributed by atoms with Gasteiger partial charge in [-0.05, 0) is 29.2 Å². The second-order valence-electron chi connectivity index (χ2n) is 4.38. The van der Waals surface area contributed by atoms with E-state index >= 15 is 0 Å². The van der Waals surface area contributed by atoms with Gasteiger partial charge in [-0.3, -0.25) is 0 Å². The summed E-state index contributed by atoms with van der Waals surface area (Å²) in [6.45, 7) is 0. The zero-order valence-electron chi connectivity index (χ0n) is 10.5. The molecule has 0 bridgehead atoms. The van der Waals surface area contributed by atoms with Gasteiger partial charge in [0.2, 0.25) is 5.82 Å². The number of aromatic nitrogens is 4. The SMILES string of the molecule is c1ccc(CCc2ccccc2-c2nn[nH]n2)cc1. The first-order valence-electron chi connectivity index (χ1n) is 6.29. The van der Waals surface area contributed by atoms with E-state index in [9.17, 15) is 0 Å². The van der Waals surface area contributed by atoms with Crippen LogP contribution in [-0.2, 0) is 12.8 Å². The van der Waals surface area contributed by atoms with E-state index in [4.69, 9.17) is 0 Å². The standard InChI is InChI=1S/C15H14N4/c1-2-6-12(7-3-1)10-11-13-8-4-5-9-14(13)15-16-18-19-17-15/h1-9H,10-11H2,(H,16,17,18,19). The highest BCUT2D eigenvalue weighted by molar-refractivity contribution is 5.59. The second kappa shape index (κ2) is 5.44. The predicted octanol–water partition coefficient (Wildman–Crippen LogP) is 2.65. The normalized spacial score (nSPS) is 10.5. The number of hydrogen-bond acceptors (Lipinski definition) is 3. The Balaban J connectivity index is 1.82. The second-order valence-corrected chi connectivity index (χ2v) is 4.38. The summed E-state index contributed by atoms with van der Waals surface area (Å²) in [5, 5.41) is 14.2. The molecule has 0 aliphatic rings. The number of nitrogens with zero attached hydrogens (tertiary/aromatic N) is 3. The lowest BCUT2D eigenvalue weighted by atomic mass is 9.99. The van der Waals surface area contributed by atoms with Crippen LogP contribution in [0.3, 0.4) is 0 Å². The predicted molar refractivity (Wildman–Crippen MR) is 73.5 cm³/mol. The van der Waals surface area contributed by atoms with Gasteiger partial charge in [-0.2, -0.15) is 5.21 Å². The lowest BCUT2D eigenvalue weighted by Gasteiger charge is -2.06. The molecule has 4 heteroatoms. The highest BCUT2D eigenvalue weighted by atomic mass is 15.5. The highest BCUT2D eigenvalue weighted by Gasteiger charge is 2.08. The summed E-state index contributed by atoms with van der Waals surface area (Å²) in [6.07, 6.45) is 1.98. The van der Waals surface area contributed by atoms with Gasteiger partial charge in [0.05, 0.1) is 0 Å². The van der Waals surface area contributed by atoms with Crippen molar-refractivity contribution >= 4 is 0 Å². The number of H-pyrrole nitrogens is 1. The van der Waals surface area contributed by atoms with Crippen molar-refractivity contribution in [3.8, 4) is 11.4 Å². The first-order valence-corrected chi connectivity index (χ1v) is 6.29. The van der Waals surface area contributed by atoms with Crippen LogP contribution in [0.1, 0.15) is 11.1 Å². The van der Waals surface area contributed by atoms with Crippen LogP contribution in [0.2, 0.25) is 0 Å². The summed E-state index contributed by atoms with van der Waals surface area (Å²) in [6, 6.07) is 18.7. The lowest BCUT2D eigenvalue weighted by molar-refractivity contribution is 0.881. The Morgan fingerprint density at radius 2 is 1.63 bits per heavy atom. The average Bonchev–Trinajstić information content (AvgIpc) is 3.01. The maximum atomic E-state index is 4.05. The van der Waals surface area contributed by atoms with Gasteiger partial charge in [-0.1, -0.05) is 54.6 Å². The van der Waals surface area contributed by atoms with Crippen LogP contribution in [-0.4, -0.2) is 20.6 Å². The Hall–Kier alpha value is -2.49. The number of benzene rings is 2. The van der Waals surface area contributed by atoms with Crippen molar-refractivity contribution in [2.24, 2.45) is 0 Å². The van der Waals surface area contributed by atoms with Crippen LogP contribution < -0.4 is 0 Å². The molecule has 19 heavy (non-hydrogen) atoms. The largest absolute Gasteiger partial charge is 0.204 e. The van der Waals surface area contributed by atoms with Gasteiger partial charge in [-0.25, -0.2) is 0 Å². The average molecular weight is 250 g/mol. The summed E-state index contributed by atoms with van der Waals surface area (Å²) in [4.78, 5) is 0. The number of aryl methyl sites for hydroxylation is 2. The molecule has 0 amide bonds. The van der Waals surface area contributed by atoms with E-state index in [0.29, 0.717) is 5.82 Å². The Bertz CT molecular complexity index is 632. The molecule has 2 aromatic carbocycles. The third-order valence-electron chi connectivity index (χ3n) is 3.13. The van der Waals surface area contributed by atoms with E-state index in [1.165, 1.54) is 11.1 Å². The van der Waals surface area contributed by atoms with Gasteiger partial charge in [0, 0.05) is 5.56 Å². The summed E-state index contributed by atoms with van der Waals surface area (Å²) in [7, 11) is 0. The van der Waals surface area contributed by atoms with Gasteiger partial charge in [0.25, 0.3) is 0 Å². The zero-order chi connectivity index (χ0) is 12.9. The molecule has 0 aliphatic carbocycles. The summed E-state index contributed by atoms with van der Waals surface area (Å²) in [5.74, 6) is 0.656. The first-order chi connectivity index (χ1) is 9.43. The molecular formula is C15H14N4. The molecule has 0 saturated heterocycles. The van der Waals surface area contributed by atoms with Crippen LogP contribution in [0.5, 0.6) is 0 Å². The minimum atomic E-state index is 0.656. The molecule has 0 saturated carbocycles. The number of aromatic amines is 1. The van der Waals surface area contributed by atoms with E-state index < -0.39 is 0 Å². The molecule has 0 unspecified atom stereocenters. The van der Waals surface area contributed by atoms with Crippen LogP contribution in [0.15, 0.2) is 54.6 Å². The highest BCUT2D eigenvalue weighted by Crippen LogP contribution is 2.20. The molecule has 0 spiro atoms. The number of tetrazole rings is 1. The summed E-state index contributed by atoms with van der Waals surface area (Å²) < 4.78 is 0. The van der Waals surface area contributed by atoms with Crippen LogP contribution >= 0.6 is 0 Å². The van der Waals surface area contributed by atoms with Crippen molar-refractivity contribution < 1.29 is 0 Å². The van der Waals surface area contributed by atoms with Gasteiger partial charge < -0.3 is 0 Å². The topological polar surface area (TPSA) is 54.5 Å². The molecule has 1 aromatic heterocycles. The quantitative estimate of drug-likeness (QED) is 0.774. The Kier molecular flexibility index (Phi) is 3.32. The van der Waals surface area contributed by atoms with E-state index in [-0.39, 0.29) is 0 Å². The van der Waals surface area contributed by atoms with E-state index in [1.54, 1.807) is 0 Å². The summed E-state index contributed by atoms with van der Waals surface area (Å²) in [5.41, 5.74) is 3.63. The van der Waals surface area contributed by atoms with Gasteiger partial charge in [0.1, 0.15) is 0 Å². The maximum absolute atomic E-state index is 4.05. The van der Waals surface area contributed by atoms with Gasteiger partial charge >= 0.3 is 0 Å². The van der Waals surface area contributed by atoms with Crippen LogP contribution in [0, 0.1) is 0 Å². The van der Waals surface area contributed by atoms with Crippen molar-refractivity contribution in [3.63, 3.8) is 0 Å². The van der Waals surface area contributed by atoms with E-state index in [1.807, 2.05) is 24.3 Å². The van der Waals surface area contributed by atoms with Crippen LogP contribution in [0.4, 0.5) is 0 Å². The lowest BCUT2D eigenvalue weighted by Crippen LogP contribution is -1.95. The van der Waals surface area contributed by atoms with E-state index in [2.05, 4.69) is 51.0 Å². The molecular weight excluding hydrogens is 236 g/mol. The molecule has 1 N–H and O–H groups in total. The fourth-order valence-electron chi connectivity index (χ4n) is 2.16. The molecule has 0 aliphatic heterocycles.